The molecule has 0 bridgehead atoms. The second kappa shape index (κ2) is 5.44. The number of halogens is 1. The Hall–Kier alpha value is -2.56. The monoisotopic (exact) mass is 285 g/mol. The lowest BCUT2D eigenvalue weighted by Gasteiger charge is -2.21. The van der Waals surface area contributed by atoms with Gasteiger partial charge in [-0.25, -0.2) is 4.39 Å². The van der Waals surface area contributed by atoms with E-state index < -0.39 is 0 Å². The number of anilines is 1. The van der Waals surface area contributed by atoms with Crippen LogP contribution in [0.15, 0.2) is 47.6 Å². The van der Waals surface area contributed by atoms with Crippen LogP contribution in [0.2, 0.25) is 0 Å². The molecule has 0 spiro atoms. The largest absolute Gasteiger partial charge is 0.409 e. The smallest absolute Gasteiger partial charge is 0.170 e. The zero-order valence-corrected chi connectivity index (χ0v) is 11.5. The molecule has 3 N–H and O–H groups in total. The molecule has 0 aliphatic carbocycles. The van der Waals surface area contributed by atoms with E-state index >= 15 is 0 Å². The van der Waals surface area contributed by atoms with Gasteiger partial charge in [-0.3, -0.25) is 0 Å². The summed E-state index contributed by atoms with van der Waals surface area (Å²) in [5.74, 6) is -0.144. The maximum absolute atomic E-state index is 13.4. The summed E-state index contributed by atoms with van der Waals surface area (Å²) in [5.41, 5.74) is 9.43. The van der Waals surface area contributed by atoms with Crippen molar-refractivity contribution in [2.45, 2.75) is 13.0 Å². The van der Waals surface area contributed by atoms with Crippen LogP contribution in [-0.2, 0) is 13.0 Å². The number of fused-ring (bicyclic) bond motifs is 1. The Morgan fingerprint density at radius 3 is 2.90 bits per heavy atom. The first-order valence-electron chi connectivity index (χ1n) is 6.78. The molecule has 1 heterocycles. The van der Waals surface area contributed by atoms with Crippen molar-refractivity contribution in [3.63, 3.8) is 0 Å². The molecule has 1 aliphatic heterocycles. The highest BCUT2D eigenvalue weighted by molar-refractivity contribution is 5.98. The summed E-state index contributed by atoms with van der Waals surface area (Å²) in [7, 11) is 0. The van der Waals surface area contributed by atoms with Crippen LogP contribution >= 0.6 is 0 Å². The third-order valence-electron chi connectivity index (χ3n) is 3.80. The van der Waals surface area contributed by atoms with Gasteiger partial charge < -0.3 is 15.8 Å². The topological polar surface area (TPSA) is 61.9 Å². The van der Waals surface area contributed by atoms with E-state index in [1.807, 2.05) is 30.3 Å². The molecule has 0 unspecified atom stereocenters. The summed E-state index contributed by atoms with van der Waals surface area (Å²) in [6.45, 7) is 1.44. The van der Waals surface area contributed by atoms with Gasteiger partial charge in [0.2, 0.25) is 0 Å². The van der Waals surface area contributed by atoms with Crippen molar-refractivity contribution in [1.29, 1.82) is 0 Å². The number of benzene rings is 2. The molecule has 108 valence electrons. The number of nitrogens with zero attached hydrogens (tertiary/aromatic N) is 2. The van der Waals surface area contributed by atoms with Gasteiger partial charge in [0, 0.05) is 24.3 Å². The predicted octanol–water partition coefficient (Wildman–Crippen LogP) is 2.48. The maximum Gasteiger partial charge on any atom is 0.170 e. The Balaban J connectivity index is 1.92. The van der Waals surface area contributed by atoms with Crippen LogP contribution < -0.4 is 10.6 Å². The summed E-state index contributed by atoms with van der Waals surface area (Å²) < 4.78 is 13.4. The molecule has 1 aliphatic rings. The molecule has 0 fully saturated rings. The summed E-state index contributed by atoms with van der Waals surface area (Å²) in [5, 5.41) is 11.9. The summed E-state index contributed by atoms with van der Waals surface area (Å²) in [6.07, 6.45) is 0.904. The minimum atomic E-state index is -0.231. The third kappa shape index (κ3) is 2.54. The molecule has 5 heteroatoms. The van der Waals surface area contributed by atoms with Crippen molar-refractivity contribution < 1.29 is 9.60 Å². The van der Waals surface area contributed by atoms with Crippen molar-refractivity contribution in [1.82, 2.24) is 0 Å². The van der Waals surface area contributed by atoms with E-state index in [2.05, 4.69) is 10.1 Å². The minimum Gasteiger partial charge on any atom is -0.409 e. The highest BCUT2D eigenvalue weighted by atomic mass is 19.1. The molecule has 2 aromatic carbocycles. The molecule has 0 saturated carbocycles. The van der Waals surface area contributed by atoms with Crippen molar-refractivity contribution in [2.75, 3.05) is 11.4 Å². The normalized spacial score (nSPS) is 14.3. The first-order chi connectivity index (χ1) is 10.2. The Morgan fingerprint density at radius 1 is 1.29 bits per heavy atom. The second-order valence-corrected chi connectivity index (χ2v) is 5.09. The molecule has 0 aromatic heterocycles. The van der Waals surface area contributed by atoms with Gasteiger partial charge in [-0.2, -0.15) is 0 Å². The van der Waals surface area contributed by atoms with Crippen LogP contribution in [0, 0.1) is 5.82 Å². The highest BCUT2D eigenvalue weighted by Gasteiger charge is 2.20. The van der Waals surface area contributed by atoms with Crippen LogP contribution in [0.5, 0.6) is 0 Å². The van der Waals surface area contributed by atoms with Gasteiger partial charge in [0.15, 0.2) is 5.84 Å². The van der Waals surface area contributed by atoms with Crippen LogP contribution in [-0.4, -0.2) is 17.6 Å². The number of hydrogen-bond donors (Lipinski definition) is 2. The predicted molar refractivity (Wildman–Crippen MR) is 80.1 cm³/mol. The van der Waals surface area contributed by atoms with Gasteiger partial charge in [0.05, 0.1) is 0 Å². The molecule has 3 rings (SSSR count). The molecular formula is C16H16FN3O. The number of oxime groups is 1. The van der Waals surface area contributed by atoms with E-state index in [1.165, 1.54) is 6.07 Å². The molecule has 2 aromatic rings. The maximum atomic E-state index is 13.4. The fourth-order valence-electron chi connectivity index (χ4n) is 2.75. The van der Waals surface area contributed by atoms with E-state index in [-0.39, 0.29) is 11.7 Å². The van der Waals surface area contributed by atoms with E-state index in [4.69, 9.17) is 10.9 Å². The number of hydrogen-bond acceptors (Lipinski definition) is 3. The molecule has 21 heavy (non-hydrogen) atoms. The highest BCUT2D eigenvalue weighted by Crippen LogP contribution is 2.30. The van der Waals surface area contributed by atoms with E-state index in [0.717, 1.165) is 29.8 Å². The fraction of sp³-hybridized carbons (Fsp3) is 0.188. The molecule has 4 nitrogen and oxygen atoms in total. The van der Waals surface area contributed by atoms with Gasteiger partial charge >= 0.3 is 0 Å². The van der Waals surface area contributed by atoms with Crippen molar-refractivity contribution in [3.05, 3.63) is 65.0 Å². The van der Waals surface area contributed by atoms with Gasteiger partial charge in [-0.1, -0.05) is 35.5 Å². The standard InChI is InChI=1S/C16H16FN3O/c17-13-6-5-11-7-8-20(15(11)9-13)10-12-3-1-2-4-14(12)16(18)19-21/h1-6,9,21H,7-8,10H2,(H2,18,19). The Bertz CT molecular complexity index is 700. The average molecular weight is 285 g/mol. The van der Waals surface area contributed by atoms with Gasteiger partial charge in [0.25, 0.3) is 0 Å². The van der Waals surface area contributed by atoms with E-state index in [0.29, 0.717) is 12.1 Å². The number of rotatable bonds is 3. The van der Waals surface area contributed by atoms with Crippen LogP contribution in [0.25, 0.3) is 0 Å². The van der Waals surface area contributed by atoms with E-state index in [9.17, 15) is 4.39 Å². The van der Waals surface area contributed by atoms with Gasteiger partial charge in [0.1, 0.15) is 5.82 Å². The molecule has 0 atom stereocenters. The SMILES string of the molecule is N/C(=N/O)c1ccccc1CN1CCc2ccc(F)cc21. The van der Waals surface area contributed by atoms with Crippen molar-refractivity contribution in [3.8, 4) is 0 Å². The summed E-state index contributed by atoms with van der Waals surface area (Å²) in [4.78, 5) is 2.11. The van der Waals surface area contributed by atoms with Crippen LogP contribution in [0.1, 0.15) is 16.7 Å². The summed E-state index contributed by atoms with van der Waals surface area (Å²) in [6, 6.07) is 12.4. The average Bonchev–Trinajstić information content (AvgIpc) is 2.89. The van der Waals surface area contributed by atoms with Crippen LogP contribution in [0.3, 0.4) is 0 Å². The Kier molecular flexibility index (Phi) is 3.48. The lowest BCUT2D eigenvalue weighted by Crippen LogP contribution is -2.23. The number of nitrogens with two attached hydrogens (primary N) is 1. The Morgan fingerprint density at radius 2 is 2.10 bits per heavy atom. The lowest BCUT2D eigenvalue weighted by atomic mass is 10.1. The van der Waals surface area contributed by atoms with Gasteiger partial charge in [-0.05, 0) is 29.7 Å². The lowest BCUT2D eigenvalue weighted by molar-refractivity contribution is 0.318. The molecule has 0 saturated heterocycles. The first-order valence-corrected chi connectivity index (χ1v) is 6.78. The molecule has 0 amide bonds. The van der Waals surface area contributed by atoms with Crippen LogP contribution in [0.4, 0.5) is 10.1 Å². The summed E-state index contributed by atoms with van der Waals surface area (Å²) >= 11 is 0. The third-order valence-corrected chi connectivity index (χ3v) is 3.80. The molecule has 0 radical (unpaired) electrons. The second-order valence-electron chi connectivity index (χ2n) is 5.09. The van der Waals surface area contributed by atoms with Gasteiger partial charge in [-0.15, -0.1) is 0 Å². The zero-order chi connectivity index (χ0) is 14.8. The first kappa shape index (κ1) is 13.4. The number of amidine groups is 1. The minimum absolute atomic E-state index is 0.0873. The van der Waals surface area contributed by atoms with Crippen molar-refractivity contribution >= 4 is 11.5 Å². The fourth-order valence-corrected chi connectivity index (χ4v) is 2.75. The Labute approximate surface area is 122 Å². The van der Waals surface area contributed by atoms with Crippen molar-refractivity contribution in [2.24, 2.45) is 10.9 Å². The van der Waals surface area contributed by atoms with E-state index in [1.54, 1.807) is 6.07 Å². The quantitative estimate of drug-likeness (QED) is 0.394. The molecular weight excluding hydrogens is 269 g/mol. The zero-order valence-electron chi connectivity index (χ0n) is 11.5.